The van der Waals surface area contributed by atoms with E-state index in [9.17, 15) is 4.79 Å². The summed E-state index contributed by atoms with van der Waals surface area (Å²) in [6, 6.07) is 5.21. The van der Waals surface area contributed by atoms with Gasteiger partial charge in [-0.15, -0.1) is 0 Å². The Morgan fingerprint density at radius 2 is 2.31 bits per heavy atom. The minimum absolute atomic E-state index is 0.0136. The van der Waals surface area contributed by atoms with Gasteiger partial charge >= 0.3 is 0 Å². The monoisotopic (exact) mass is 287 g/mol. The van der Waals surface area contributed by atoms with E-state index in [-0.39, 0.29) is 19.1 Å². The molecule has 0 spiro atoms. The molecule has 4 nitrogen and oxygen atoms in total. The molecule has 1 aromatic carbocycles. The van der Waals surface area contributed by atoms with Crippen molar-refractivity contribution >= 4 is 21.8 Å². The molecule has 1 amide bonds. The summed E-state index contributed by atoms with van der Waals surface area (Å²) in [5.74, 6) is 0.412. The van der Waals surface area contributed by atoms with Gasteiger partial charge in [-0.2, -0.15) is 0 Å². The molecule has 0 aliphatic carbocycles. The Bertz CT molecular complexity index is 368. The molecular weight excluding hydrogens is 274 g/mol. The lowest BCUT2D eigenvalue weighted by atomic mass is 10.2. The zero-order chi connectivity index (χ0) is 12.0. The van der Waals surface area contributed by atoms with Gasteiger partial charge in [-0.3, -0.25) is 4.79 Å². The first-order chi connectivity index (χ1) is 7.67. The van der Waals surface area contributed by atoms with Crippen LogP contribution in [0.4, 0.5) is 0 Å². The molecule has 0 saturated carbocycles. The quantitative estimate of drug-likeness (QED) is 0.862. The summed E-state index contributed by atoms with van der Waals surface area (Å²) in [4.78, 5) is 11.1. The molecule has 16 heavy (non-hydrogen) atoms. The van der Waals surface area contributed by atoms with E-state index in [1.54, 1.807) is 18.2 Å². The number of carbonyl (C=O) groups is 1. The van der Waals surface area contributed by atoms with Crippen LogP contribution in [0, 0.1) is 0 Å². The van der Waals surface area contributed by atoms with E-state index in [2.05, 4.69) is 21.2 Å². The molecule has 0 aliphatic rings. The third kappa shape index (κ3) is 3.83. The number of halogens is 1. The topological polar surface area (TPSA) is 58.6 Å². The highest BCUT2D eigenvalue weighted by Crippen LogP contribution is 2.22. The number of carbonyl (C=O) groups excluding carboxylic acids is 1. The van der Waals surface area contributed by atoms with E-state index >= 15 is 0 Å². The lowest BCUT2D eigenvalue weighted by Crippen LogP contribution is -2.28. The van der Waals surface area contributed by atoms with E-state index in [4.69, 9.17) is 9.84 Å². The van der Waals surface area contributed by atoms with Gasteiger partial charge in [-0.1, -0.05) is 15.9 Å². The fourth-order valence-corrected chi connectivity index (χ4v) is 1.53. The predicted molar refractivity (Wildman–Crippen MR) is 64.2 cm³/mol. The summed E-state index contributed by atoms with van der Waals surface area (Å²) in [5, 5.41) is 11.7. The van der Waals surface area contributed by atoms with Crippen molar-refractivity contribution in [3.8, 4) is 5.75 Å². The van der Waals surface area contributed by atoms with Crippen LogP contribution in [0.5, 0.6) is 5.75 Å². The lowest BCUT2D eigenvalue weighted by molar-refractivity contribution is -0.122. The van der Waals surface area contributed by atoms with Gasteiger partial charge in [0.15, 0.2) is 6.61 Å². The van der Waals surface area contributed by atoms with E-state index in [0.29, 0.717) is 12.3 Å². The van der Waals surface area contributed by atoms with Gasteiger partial charge < -0.3 is 15.2 Å². The number of ether oxygens (including phenoxy) is 1. The van der Waals surface area contributed by atoms with Crippen LogP contribution < -0.4 is 10.1 Å². The van der Waals surface area contributed by atoms with Crippen LogP contribution in [0.1, 0.15) is 12.5 Å². The van der Waals surface area contributed by atoms with Crippen LogP contribution in [0.15, 0.2) is 22.7 Å². The van der Waals surface area contributed by atoms with Crippen LogP contribution in [0.2, 0.25) is 0 Å². The zero-order valence-electron chi connectivity index (χ0n) is 9.00. The molecule has 0 saturated heterocycles. The summed E-state index contributed by atoms with van der Waals surface area (Å²) < 4.78 is 6.09. The minimum atomic E-state index is -0.157. The Balaban J connectivity index is 2.57. The summed E-state index contributed by atoms with van der Waals surface area (Å²) in [7, 11) is 0. The van der Waals surface area contributed by atoms with Crippen LogP contribution in [-0.2, 0) is 11.4 Å². The van der Waals surface area contributed by atoms with Gasteiger partial charge in [0.05, 0.1) is 6.61 Å². The second kappa shape index (κ2) is 6.50. The van der Waals surface area contributed by atoms with Gasteiger partial charge in [0.25, 0.3) is 5.91 Å². The molecule has 0 heterocycles. The maximum atomic E-state index is 11.1. The van der Waals surface area contributed by atoms with Crippen molar-refractivity contribution in [2.24, 2.45) is 0 Å². The number of rotatable bonds is 5. The molecule has 1 aromatic rings. The number of amides is 1. The second-order valence-corrected chi connectivity index (χ2v) is 4.01. The summed E-state index contributed by atoms with van der Waals surface area (Å²) >= 11 is 3.30. The van der Waals surface area contributed by atoms with Crippen molar-refractivity contribution in [1.82, 2.24) is 5.32 Å². The number of hydrogen-bond acceptors (Lipinski definition) is 3. The maximum absolute atomic E-state index is 11.1. The molecule has 0 bridgehead atoms. The van der Waals surface area contributed by atoms with Gasteiger partial charge in [0.2, 0.25) is 0 Å². The smallest absolute Gasteiger partial charge is 0.257 e. The van der Waals surface area contributed by atoms with Gasteiger partial charge in [-0.25, -0.2) is 0 Å². The maximum Gasteiger partial charge on any atom is 0.257 e. The van der Waals surface area contributed by atoms with Crippen LogP contribution in [0.3, 0.4) is 0 Å². The van der Waals surface area contributed by atoms with Crippen molar-refractivity contribution in [2.45, 2.75) is 13.5 Å². The number of nitrogens with one attached hydrogen (secondary N) is 1. The van der Waals surface area contributed by atoms with E-state index in [1.807, 2.05) is 6.92 Å². The summed E-state index contributed by atoms with van der Waals surface area (Å²) in [5.41, 5.74) is 0.730. The Labute approximate surface area is 103 Å². The number of aliphatic hydroxyl groups is 1. The average molecular weight is 288 g/mol. The van der Waals surface area contributed by atoms with Crippen molar-refractivity contribution < 1.29 is 14.6 Å². The van der Waals surface area contributed by atoms with Crippen LogP contribution >= 0.6 is 15.9 Å². The standard InChI is InChI=1S/C11H14BrNO3/c1-2-13-11(15)7-16-9-3-4-10(12)8(5-9)6-14/h3-5,14H,2,6-7H2,1H3,(H,13,15). The van der Waals surface area contributed by atoms with Gasteiger partial charge in [0, 0.05) is 11.0 Å². The molecule has 0 atom stereocenters. The second-order valence-electron chi connectivity index (χ2n) is 3.15. The van der Waals surface area contributed by atoms with E-state index in [0.717, 1.165) is 10.0 Å². The van der Waals surface area contributed by atoms with Crippen LogP contribution in [-0.4, -0.2) is 24.2 Å². The highest BCUT2D eigenvalue weighted by Gasteiger charge is 2.04. The van der Waals surface area contributed by atoms with Crippen molar-refractivity contribution in [2.75, 3.05) is 13.2 Å². The molecule has 0 aromatic heterocycles. The largest absolute Gasteiger partial charge is 0.484 e. The van der Waals surface area contributed by atoms with Crippen molar-refractivity contribution in [1.29, 1.82) is 0 Å². The third-order valence-electron chi connectivity index (χ3n) is 1.93. The Kier molecular flexibility index (Phi) is 5.28. The molecule has 5 heteroatoms. The number of hydrogen-bond donors (Lipinski definition) is 2. The highest BCUT2D eigenvalue weighted by atomic mass is 79.9. The van der Waals surface area contributed by atoms with Crippen molar-refractivity contribution in [3.63, 3.8) is 0 Å². The Morgan fingerprint density at radius 1 is 1.56 bits per heavy atom. The summed E-state index contributed by atoms with van der Waals surface area (Å²) in [6.07, 6.45) is 0. The Hall–Kier alpha value is -1.07. The number of aliphatic hydroxyl groups excluding tert-OH is 1. The van der Waals surface area contributed by atoms with Gasteiger partial charge in [0.1, 0.15) is 5.75 Å². The molecule has 0 radical (unpaired) electrons. The first-order valence-electron chi connectivity index (χ1n) is 4.96. The summed E-state index contributed by atoms with van der Waals surface area (Å²) in [6.45, 7) is 2.35. The SMILES string of the molecule is CCNC(=O)COc1ccc(Br)c(CO)c1. The van der Waals surface area contributed by atoms with Crippen LogP contribution in [0.25, 0.3) is 0 Å². The lowest BCUT2D eigenvalue weighted by Gasteiger charge is -2.08. The third-order valence-corrected chi connectivity index (χ3v) is 2.71. The molecule has 0 aliphatic heterocycles. The Morgan fingerprint density at radius 3 is 2.94 bits per heavy atom. The highest BCUT2D eigenvalue weighted by molar-refractivity contribution is 9.10. The first-order valence-corrected chi connectivity index (χ1v) is 5.75. The normalized spacial score (nSPS) is 9.94. The number of benzene rings is 1. The molecule has 88 valence electrons. The van der Waals surface area contributed by atoms with E-state index in [1.165, 1.54) is 0 Å². The molecule has 0 fully saturated rings. The van der Waals surface area contributed by atoms with E-state index < -0.39 is 0 Å². The first kappa shape index (κ1) is 13.0. The predicted octanol–water partition coefficient (Wildman–Crippen LogP) is 1.46. The fourth-order valence-electron chi connectivity index (χ4n) is 1.16. The number of likely N-dealkylation sites (N-methyl/N-ethyl adjacent to an activating group) is 1. The average Bonchev–Trinajstić information content (AvgIpc) is 2.28. The minimum Gasteiger partial charge on any atom is -0.484 e. The molecular formula is C11H14BrNO3. The molecule has 2 N–H and O–H groups in total. The van der Waals surface area contributed by atoms with Crippen molar-refractivity contribution in [3.05, 3.63) is 28.2 Å². The molecule has 1 rings (SSSR count). The zero-order valence-corrected chi connectivity index (χ0v) is 10.6. The molecule has 0 unspecified atom stereocenters. The fraction of sp³-hybridized carbons (Fsp3) is 0.364. The van der Waals surface area contributed by atoms with Gasteiger partial charge in [-0.05, 0) is 30.7 Å².